The molecule has 0 fully saturated rings. The molecule has 2 N–H and O–H groups in total. The lowest BCUT2D eigenvalue weighted by atomic mass is 10.1. The van der Waals surface area contributed by atoms with Crippen LogP contribution in [-0.4, -0.2) is 21.4 Å². The Morgan fingerprint density at radius 3 is 2.32 bits per heavy atom. The third-order valence-corrected chi connectivity index (χ3v) is 6.52. The summed E-state index contributed by atoms with van der Waals surface area (Å²) < 4.78 is 32.8. The number of nitrogens with one attached hydrogen (secondary N) is 2. The SMILES string of the molecule is COc1ccc(C)cc1NC(=O)Cc1ccc(NS(=O)(=O)c2ccc(Cl)c(Cl)c2)cc1. The summed E-state index contributed by atoms with van der Waals surface area (Å²) >= 11 is 11.7. The fourth-order valence-corrected chi connectivity index (χ4v) is 4.30. The number of hydrogen-bond acceptors (Lipinski definition) is 4. The number of hydrogen-bond donors (Lipinski definition) is 2. The Labute approximate surface area is 191 Å². The monoisotopic (exact) mass is 478 g/mol. The molecule has 3 aromatic carbocycles. The quantitative estimate of drug-likeness (QED) is 0.482. The van der Waals surface area contributed by atoms with E-state index in [9.17, 15) is 13.2 Å². The van der Waals surface area contributed by atoms with Crippen LogP contribution < -0.4 is 14.8 Å². The van der Waals surface area contributed by atoms with Gasteiger partial charge in [0, 0.05) is 5.69 Å². The summed E-state index contributed by atoms with van der Waals surface area (Å²) in [6.45, 7) is 1.92. The molecule has 0 bridgehead atoms. The van der Waals surface area contributed by atoms with E-state index >= 15 is 0 Å². The highest BCUT2D eigenvalue weighted by molar-refractivity contribution is 7.92. The van der Waals surface area contributed by atoms with Crippen LogP contribution in [0.15, 0.2) is 65.6 Å². The molecule has 0 unspecified atom stereocenters. The maximum absolute atomic E-state index is 12.5. The van der Waals surface area contributed by atoms with Crippen LogP contribution in [0, 0.1) is 6.92 Å². The number of aryl methyl sites for hydroxylation is 1. The van der Waals surface area contributed by atoms with Gasteiger partial charge in [0.25, 0.3) is 10.0 Å². The first-order chi connectivity index (χ1) is 14.7. The van der Waals surface area contributed by atoms with Gasteiger partial charge in [0.15, 0.2) is 0 Å². The minimum atomic E-state index is -3.83. The van der Waals surface area contributed by atoms with E-state index in [1.165, 1.54) is 25.3 Å². The van der Waals surface area contributed by atoms with Crippen LogP contribution in [0.1, 0.15) is 11.1 Å². The van der Waals surface area contributed by atoms with Gasteiger partial charge in [-0.1, -0.05) is 41.4 Å². The molecule has 3 rings (SSSR count). The largest absolute Gasteiger partial charge is 0.495 e. The third-order valence-electron chi connectivity index (χ3n) is 4.40. The fourth-order valence-electron chi connectivity index (χ4n) is 2.85. The minimum absolute atomic E-state index is 0.00236. The van der Waals surface area contributed by atoms with Gasteiger partial charge in [-0.2, -0.15) is 0 Å². The van der Waals surface area contributed by atoms with Crippen molar-refractivity contribution in [3.8, 4) is 5.75 Å². The molecular weight excluding hydrogens is 459 g/mol. The first kappa shape index (κ1) is 22.9. The molecule has 0 spiro atoms. The third kappa shape index (κ3) is 5.91. The summed E-state index contributed by atoms with van der Waals surface area (Å²) in [4.78, 5) is 12.4. The lowest BCUT2D eigenvalue weighted by Gasteiger charge is -2.12. The summed E-state index contributed by atoms with van der Waals surface area (Å²) in [6.07, 6.45) is 0.122. The number of methoxy groups -OCH3 is 1. The number of rotatable bonds is 7. The molecule has 9 heteroatoms. The van der Waals surface area contributed by atoms with Crippen molar-refractivity contribution in [3.05, 3.63) is 81.8 Å². The number of carbonyl (C=O) groups is 1. The van der Waals surface area contributed by atoms with Crippen molar-refractivity contribution >= 4 is 50.5 Å². The number of amides is 1. The molecule has 0 aliphatic heterocycles. The molecule has 3 aromatic rings. The first-order valence-electron chi connectivity index (χ1n) is 9.19. The Bertz CT molecular complexity index is 1210. The molecule has 6 nitrogen and oxygen atoms in total. The van der Waals surface area contributed by atoms with Crippen LogP contribution in [0.3, 0.4) is 0 Å². The van der Waals surface area contributed by atoms with E-state index in [-0.39, 0.29) is 27.3 Å². The molecule has 162 valence electrons. The van der Waals surface area contributed by atoms with Gasteiger partial charge in [-0.3, -0.25) is 9.52 Å². The van der Waals surface area contributed by atoms with Crippen LogP contribution in [0.25, 0.3) is 0 Å². The predicted octanol–water partition coefficient (Wildman–Crippen LogP) is 5.29. The molecule has 0 aliphatic carbocycles. The Kier molecular flexibility index (Phi) is 7.10. The zero-order valence-corrected chi connectivity index (χ0v) is 19.1. The average molecular weight is 479 g/mol. The summed E-state index contributed by atoms with van der Waals surface area (Å²) in [6, 6.07) is 16.1. The van der Waals surface area contributed by atoms with Crippen molar-refractivity contribution in [2.24, 2.45) is 0 Å². The molecule has 0 saturated carbocycles. The molecule has 31 heavy (non-hydrogen) atoms. The molecule has 0 saturated heterocycles. The maximum Gasteiger partial charge on any atom is 0.261 e. The fraction of sp³-hybridized carbons (Fsp3) is 0.136. The van der Waals surface area contributed by atoms with Crippen molar-refractivity contribution in [1.82, 2.24) is 0 Å². The Morgan fingerprint density at radius 2 is 1.68 bits per heavy atom. The topological polar surface area (TPSA) is 84.5 Å². The van der Waals surface area contributed by atoms with Gasteiger partial charge < -0.3 is 10.1 Å². The van der Waals surface area contributed by atoms with Crippen LogP contribution in [0.2, 0.25) is 10.0 Å². The number of halogens is 2. The van der Waals surface area contributed by atoms with E-state index in [1.54, 1.807) is 30.3 Å². The molecule has 0 aromatic heterocycles. The summed E-state index contributed by atoms with van der Waals surface area (Å²) in [5.41, 5.74) is 2.67. The molecule has 0 radical (unpaired) electrons. The number of benzene rings is 3. The summed E-state index contributed by atoms with van der Waals surface area (Å²) in [7, 11) is -2.29. The summed E-state index contributed by atoms with van der Waals surface area (Å²) in [5, 5.41) is 3.26. The second kappa shape index (κ2) is 9.60. The van der Waals surface area contributed by atoms with E-state index in [0.717, 1.165) is 11.1 Å². The van der Waals surface area contributed by atoms with Gasteiger partial charge in [-0.15, -0.1) is 0 Å². The minimum Gasteiger partial charge on any atom is -0.495 e. The van der Waals surface area contributed by atoms with E-state index < -0.39 is 10.0 Å². The summed E-state index contributed by atoms with van der Waals surface area (Å²) in [5.74, 6) is 0.360. The number of carbonyl (C=O) groups excluding carboxylic acids is 1. The molecule has 1 amide bonds. The van der Waals surface area contributed by atoms with Crippen LogP contribution >= 0.6 is 23.2 Å². The van der Waals surface area contributed by atoms with E-state index in [2.05, 4.69) is 10.0 Å². The van der Waals surface area contributed by atoms with Gasteiger partial charge in [-0.25, -0.2) is 8.42 Å². The van der Waals surface area contributed by atoms with Crippen molar-refractivity contribution in [1.29, 1.82) is 0 Å². The highest BCUT2D eigenvalue weighted by Gasteiger charge is 2.16. The van der Waals surface area contributed by atoms with Crippen LogP contribution in [0.4, 0.5) is 11.4 Å². The van der Waals surface area contributed by atoms with E-state index in [0.29, 0.717) is 17.1 Å². The normalized spacial score (nSPS) is 11.1. The zero-order chi connectivity index (χ0) is 22.6. The van der Waals surface area contributed by atoms with E-state index in [4.69, 9.17) is 27.9 Å². The number of sulfonamides is 1. The van der Waals surface area contributed by atoms with Gasteiger partial charge in [0.05, 0.1) is 34.2 Å². The van der Waals surface area contributed by atoms with Crippen molar-refractivity contribution in [2.45, 2.75) is 18.2 Å². The first-order valence-corrected chi connectivity index (χ1v) is 11.4. The van der Waals surface area contributed by atoms with Gasteiger partial charge >= 0.3 is 0 Å². The van der Waals surface area contributed by atoms with Crippen molar-refractivity contribution < 1.29 is 17.9 Å². The van der Waals surface area contributed by atoms with Gasteiger partial charge in [0.1, 0.15) is 5.75 Å². The highest BCUT2D eigenvalue weighted by Crippen LogP contribution is 2.27. The van der Waals surface area contributed by atoms with Crippen LogP contribution in [0.5, 0.6) is 5.75 Å². The number of anilines is 2. The number of ether oxygens (including phenoxy) is 1. The highest BCUT2D eigenvalue weighted by atomic mass is 35.5. The van der Waals surface area contributed by atoms with Gasteiger partial charge in [-0.05, 0) is 60.5 Å². The standard InChI is InChI=1S/C22H20Cl2N2O4S/c1-14-3-10-21(30-2)20(11-14)25-22(27)12-15-4-6-16(7-5-15)26-31(28,29)17-8-9-18(23)19(24)13-17/h3-11,13,26H,12H2,1-2H3,(H,25,27). The Hall–Kier alpha value is -2.74. The zero-order valence-electron chi connectivity index (χ0n) is 16.8. The van der Waals surface area contributed by atoms with Crippen LogP contribution in [-0.2, 0) is 21.2 Å². The Balaban J connectivity index is 1.67. The molecule has 0 heterocycles. The average Bonchev–Trinajstić information content (AvgIpc) is 2.71. The second-order valence-electron chi connectivity index (χ2n) is 6.81. The van der Waals surface area contributed by atoms with Crippen molar-refractivity contribution in [3.63, 3.8) is 0 Å². The lowest BCUT2D eigenvalue weighted by Crippen LogP contribution is -2.15. The molecule has 0 atom stereocenters. The Morgan fingerprint density at radius 1 is 0.968 bits per heavy atom. The van der Waals surface area contributed by atoms with E-state index in [1.807, 2.05) is 19.1 Å². The van der Waals surface area contributed by atoms with Crippen molar-refractivity contribution in [2.75, 3.05) is 17.1 Å². The predicted molar refractivity (Wildman–Crippen MR) is 124 cm³/mol. The van der Waals surface area contributed by atoms with Gasteiger partial charge in [0.2, 0.25) is 5.91 Å². The smallest absolute Gasteiger partial charge is 0.261 e. The lowest BCUT2D eigenvalue weighted by molar-refractivity contribution is -0.115. The molecular formula is C22H20Cl2N2O4S. The maximum atomic E-state index is 12.5. The second-order valence-corrected chi connectivity index (χ2v) is 9.30. The molecule has 0 aliphatic rings.